The molecular formula is C21H21N3O2S. The van der Waals surface area contributed by atoms with E-state index in [1.807, 2.05) is 67.6 Å². The van der Waals surface area contributed by atoms with Gasteiger partial charge in [0.25, 0.3) is 5.91 Å². The lowest BCUT2D eigenvalue weighted by Crippen LogP contribution is -2.23. The lowest BCUT2D eigenvalue weighted by Gasteiger charge is -2.14. The Morgan fingerprint density at radius 1 is 1.04 bits per heavy atom. The SMILES string of the molecule is CCC(C(=O)Nc1nc(C(=O)NCc2ccccc2)cs1)c1ccccc1. The van der Waals surface area contributed by atoms with E-state index in [-0.39, 0.29) is 17.7 Å². The number of anilines is 1. The number of aromatic nitrogens is 1. The van der Waals surface area contributed by atoms with Gasteiger partial charge in [0.1, 0.15) is 5.69 Å². The van der Waals surface area contributed by atoms with Gasteiger partial charge in [-0.3, -0.25) is 9.59 Å². The quantitative estimate of drug-likeness (QED) is 0.646. The lowest BCUT2D eigenvalue weighted by atomic mass is 9.96. The molecule has 0 aliphatic carbocycles. The number of benzene rings is 2. The summed E-state index contributed by atoms with van der Waals surface area (Å²) in [6.45, 7) is 2.41. The zero-order valence-corrected chi connectivity index (χ0v) is 15.8. The average Bonchev–Trinajstić information content (AvgIpc) is 3.17. The van der Waals surface area contributed by atoms with Gasteiger partial charge >= 0.3 is 0 Å². The van der Waals surface area contributed by atoms with Gasteiger partial charge in [0, 0.05) is 11.9 Å². The van der Waals surface area contributed by atoms with Crippen molar-refractivity contribution in [3.8, 4) is 0 Å². The minimum atomic E-state index is -0.259. The van der Waals surface area contributed by atoms with Crippen LogP contribution in [-0.4, -0.2) is 16.8 Å². The number of thiazole rings is 1. The highest BCUT2D eigenvalue weighted by Crippen LogP contribution is 2.23. The number of carbonyl (C=O) groups is 2. The van der Waals surface area contributed by atoms with Crippen LogP contribution >= 0.6 is 11.3 Å². The number of nitrogens with one attached hydrogen (secondary N) is 2. The van der Waals surface area contributed by atoms with Crippen LogP contribution in [0.5, 0.6) is 0 Å². The van der Waals surface area contributed by atoms with Gasteiger partial charge in [-0.15, -0.1) is 11.3 Å². The molecule has 0 aliphatic rings. The Labute approximate surface area is 162 Å². The van der Waals surface area contributed by atoms with Crippen molar-refractivity contribution in [3.63, 3.8) is 0 Å². The number of rotatable bonds is 7. The van der Waals surface area contributed by atoms with Gasteiger partial charge in [0.2, 0.25) is 5.91 Å². The van der Waals surface area contributed by atoms with E-state index >= 15 is 0 Å². The number of hydrogen-bond donors (Lipinski definition) is 2. The highest BCUT2D eigenvalue weighted by molar-refractivity contribution is 7.14. The van der Waals surface area contributed by atoms with Crippen LogP contribution in [0, 0.1) is 0 Å². The third-order valence-electron chi connectivity index (χ3n) is 4.19. The fraction of sp³-hybridized carbons (Fsp3) is 0.190. The standard InChI is InChI=1S/C21H21N3O2S/c1-2-17(16-11-7-4-8-12-16)19(25)24-21-23-18(14-27-21)20(26)22-13-15-9-5-3-6-10-15/h3-12,14,17H,2,13H2,1H3,(H,22,26)(H,23,24,25). The molecular weight excluding hydrogens is 358 g/mol. The number of amides is 2. The molecule has 2 amide bonds. The smallest absolute Gasteiger partial charge is 0.271 e. The minimum absolute atomic E-state index is 0.116. The van der Waals surface area contributed by atoms with Crippen LogP contribution in [0.2, 0.25) is 0 Å². The minimum Gasteiger partial charge on any atom is -0.347 e. The summed E-state index contributed by atoms with van der Waals surface area (Å²) in [6.07, 6.45) is 0.686. The molecule has 0 radical (unpaired) electrons. The Hall–Kier alpha value is -2.99. The zero-order chi connectivity index (χ0) is 19.1. The van der Waals surface area contributed by atoms with Gasteiger partial charge in [-0.2, -0.15) is 0 Å². The van der Waals surface area contributed by atoms with Gasteiger partial charge in [-0.25, -0.2) is 4.98 Å². The highest BCUT2D eigenvalue weighted by atomic mass is 32.1. The molecule has 0 bridgehead atoms. The van der Waals surface area contributed by atoms with Crippen LogP contribution in [0.15, 0.2) is 66.0 Å². The van der Waals surface area contributed by atoms with Crippen molar-refractivity contribution >= 4 is 28.3 Å². The maximum Gasteiger partial charge on any atom is 0.271 e. The van der Waals surface area contributed by atoms with Crippen molar-refractivity contribution in [2.75, 3.05) is 5.32 Å². The van der Waals surface area contributed by atoms with E-state index in [4.69, 9.17) is 0 Å². The third kappa shape index (κ3) is 5.01. The molecule has 3 rings (SSSR count). The van der Waals surface area contributed by atoms with Crippen molar-refractivity contribution in [1.29, 1.82) is 0 Å². The Kier molecular flexibility index (Phi) is 6.33. The first-order chi connectivity index (χ1) is 13.2. The first-order valence-corrected chi connectivity index (χ1v) is 9.68. The van der Waals surface area contributed by atoms with E-state index < -0.39 is 0 Å². The second-order valence-electron chi connectivity index (χ2n) is 6.07. The Balaban J connectivity index is 1.60. The normalized spacial score (nSPS) is 11.6. The van der Waals surface area contributed by atoms with Gasteiger partial charge in [-0.1, -0.05) is 67.6 Å². The van der Waals surface area contributed by atoms with Crippen molar-refractivity contribution in [3.05, 3.63) is 82.9 Å². The summed E-state index contributed by atoms with van der Waals surface area (Å²) in [7, 11) is 0. The predicted octanol–water partition coefficient (Wildman–Crippen LogP) is 4.21. The van der Waals surface area contributed by atoms with E-state index in [2.05, 4.69) is 15.6 Å². The van der Waals surface area contributed by atoms with E-state index in [1.165, 1.54) is 11.3 Å². The van der Waals surface area contributed by atoms with Gasteiger partial charge in [0.15, 0.2) is 5.13 Å². The largest absolute Gasteiger partial charge is 0.347 e. The van der Waals surface area contributed by atoms with Crippen LogP contribution in [0.25, 0.3) is 0 Å². The van der Waals surface area contributed by atoms with Crippen LogP contribution in [0.3, 0.4) is 0 Å². The third-order valence-corrected chi connectivity index (χ3v) is 4.95. The summed E-state index contributed by atoms with van der Waals surface area (Å²) in [5.41, 5.74) is 2.29. The van der Waals surface area contributed by atoms with Crippen molar-refractivity contribution in [1.82, 2.24) is 10.3 Å². The van der Waals surface area contributed by atoms with Crippen molar-refractivity contribution < 1.29 is 9.59 Å². The Bertz CT molecular complexity index is 894. The molecule has 3 aromatic rings. The van der Waals surface area contributed by atoms with Crippen LogP contribution < -0.4 is 10.6 Å². The van der Waals surface area contributed by atoms with Gasteiger partial charge < -0.3 is 10.6 Å². The molecule has 27 heavy (non-hydrogen) atoms. The molecule has 2 N–H and O–H groups in total. The van der Waals surface area contributed by atoms with E-state index in [1.54, 1.807) is 5.38 Å². The summed E-state index contributed by atoms with van der Waals surface area (Å²) in [5.74, 6) is -0.620. The van der Waals surface area contributed by atoms with Crippen LogP contribution in [-0.2, 0) is 11.3 Å². The lowest BCUT2D eigenvalue weighted by molar-refractivity contribution is -0.117. The topological polar surface area (TPSA) is 71.1 Å². The fourth-order valence-electron chi connectivity index (χ4n) is 2.75. The molecule has 2 aromatic carbocycles. The summed E-state index contributed by atoms with van der Waals surface area (Å²) >= 11 is 1.25. The summed E-state index contributed by atoms with van der Waals surface area (Å²) < 4.78 is 0. The van der Waals surface area contributed by atoms with Crippen LogP contribution in [0.1, 0.15) is 40.9 Å². The molecule has 138 valence electrons. The molecule has 0 fully saturated rings. The zero-order valence-electron chi connectivity index (χ0n) is 15.0. The second-order valence-corrected chi connectivity index (χ2v) is 6.93. The van der Waals surface area contributed by atoms with E-state index in [9.17, 15) is 9.59 Å². The number of carbonyl (C=O) groups excluding carboxylic acids is 2. The molecule has 0 spiro atoms. The maximum absolute atomic E-state index is 12.6. The van der Waals surface area contributed by atoms with E-state index in [0.717, 1.165) is 11.1 Å². The monoisotopic (exact) mass is 379 g/mol. The molecule has 6 heteroatoms. The predicted molar refractivity (Wildman–Crippen MR) is 108 cm³/mol. The molecule has 0 saturated carbocycles. The van der Waals surface area contributed by atoms with E-state index in [0.29, 0.717) is 23.8 Å². The molecule has 0 aliphatic heterocycles. The number of hydrogen-bond acceptors (Lipinski definition) is 4. The highest BCUT2D eigenvalue weighted by Gasteiger charge is 2.20. The summed E-state index contributed by atoms with van der Waals surface area (Å²) in [6, 6.07) is 19.3. The molecule has 1 unspecified atom stereocenters. The Morgan fingerprint density at radius 2 is 1.70 bits per heavy atom. The summed E-state index contributed by atoms with van der Waals surface area (Å²) in [5, 5.41) is 7.75. The van der Waals surface area contributed by atoms with Crippen molar-refractivity contribution in [2.45, 2.75) is 25.8 Å². The Morgan fingerprint density at radius 3 is 2.37 bits per heavy atom. The number of nitrogens with zero attached hydrogens (tertiary/aromatic N) is 1. The molecule has 5 nitrogen and oxygen atoms in total. The maximum atomic E-state index is 12.6. The fourth-order valence-corrected chi connectivity index (χ4v) is 3.45. The first-order valence-electron chi connectivity index (χ1n) is 8.81. The van der Waals surface area contributed by atoms with Gasteiger partial charge in [0.05, 0.1) is 5.92 Å². The molecule has 1 heterocycles. The second kappa shape index (κ2) is 9.09. The molecule has 0 saturated heterocycles. The average molecular weight is 379 g/mol. The van der Waals surface area contributed by atoms with Crippen molar-refractivity contribution in [2.24, 2.45) is 0 Å². The molecule has 1 atom stereocenters. The molecule has 1 aromatic heterocycles. The summed E-state index contributed by atoms with van der Waals surface area (Å²) in [4.78, 5) is 29.1. The van der Waals surface area contributed by atoms with Gasteiger partial charge in [-0.05, 0) is 17.5 Å². The first kappa shape index (κ1) is 18.8. The van der Waals surface area contributed by atoms with Crippen LogP contribution in [0.4, 0.5) is 5.13 Å².